The topological polar surface area (TPSA) is 73.9 Å². The smallest absolute Gasteiger partial charge is 0.161 e. The number of hydrogen-bond acceptors (Lipinski definition) is 3. The maximum Gasteiger partial charge on any atom is 0.161 e. The monoisotopic (exact) mass is 355 g/mol. The normalized spacial score (nSPS) is 11.3. The number of nitrogens with one attached hydrogen (secondary N) is 2. The van der Waals surface area contributed by atoms with Gasteiger partial charge in [0.05, 0.1) is 18.3 Å². The first kappa shape index (κ1) is 15.5. The predicted molar refractivity (Wildman–Crippen MR) is 107 cm³/mol. The van der Waals surface area contributed by atoms with E-state index in [2.05, 4.69) is 51.6 Å². The number of phenolic OH excluding ortho intramolecular Hbond substituents is 1. The van der Waals surface area contributed by atoms with Gasteiger partial charge in [0.2, 0.25) is 0 Å². The maximum atomic E-state index is 9.80. The molecule has 5 rings (SSSR count). The number of phenols is 1. The summed E-state index contributed by atoms with van der Waals surface area (Å²) in [5.74, 6) is 0.584. The van der Waals surface area contributed by atoms with Crippen LogP contribution in [-0.2, 0) is 0 Å². The quantitative estimate of drug-likeness (QED) is 0.422. The molecule has 0 fully saturated rings. The lowest BCUT2D eigenvalue weighted by molar-refractivity contribution is 0.373. The minimum atomic E-state index is 0.130. The van der Waals surface area contributed by atoms with Gasteiger partial charge in [-0.3, -0.25) is 5.10 Å². The molecule has 0 saturated heterocycles. The zero-order valence-corrected chi connectivity index (χ0v) is 14.7. The van der Waals surface area contributed by atoms with Crippen LogP contribution in [0.25, 0.3) is 44.3 Å². The van der Waals surface area contributed by atoms with Crippen LogP contribution in [-0.4, -0.2) is 27.4 Å². The van der Waals surface area contributed by atoms with Crippen LogP contribution in [0, 0.1) is 0 Å². The largest absolute Gasteiger partial charge is 0.504 e. The van der Waals surface area contributed by atoms with Crippen LogP contribution in [0.4, 0.5) is 0 Å². The molecule has 3 aromatic carbocycles. The van der Waals surface area contributed by atoms with Crippen molar-refractivity contribution < 1.29 is 9.84 Å². The Morgan fingerprint density at radius 1 is 0.889 bits per heavy atom. The molecule has 5 nitrogen and oxygen atoms in total. The fourth-order valence-electron chi connectivity index (χ4n) is 3.46. The number of methoxy groups -OCH3 is 1. The van der Waals surface area contributed by atoms with E-state index in [0.717, 1.165) is 44.3 Å². The number of benzene rings is 3. The number of H-pyrrole nitrogens is 2. The molecule has 132 valence electrons. The molecule has 2 aromatic heterocycles. The van der Waals surface area contributed by atoms with Gasteiger partial charge in [-0.15, -0.1) is 0 Å². The number of rotatable bonds is 3. The van der Waals surface area contributed by atoms with Crippen molar-refractivity contribution in [2.24, 2.45) is 0 Å². The highest BCUT2D eigenvalue weighted by molar-refractivity contribution is 5.97. The average Bonchev–Trinajstić information content (AvgIpc) is 3.31. The summed E-state index contributed by atoms with van der Waals surface area (Å²) in [6.07, 6.45) is 0. The second kappa shape index (κ2) is 5.92. The molecule has 5 heteroatoms. The first-order valence-corrected chi connectivity index (χ1v) is 8.66. The lowest BCUT2D eigenvalue weighted by Gasteiger charge is -2.07. The van der Waals surface area contributed by atoms with Crippen molar-refractivity contribution >= 4 is 21.8 Å². The van der Waals surface area contributed by atoms with Gasteiger partial charge in [0.1, 0.15) is 5.69 Å². The Morgan fingerprint density at radius 3 is 2.56 bits per heavy atom. The Morgan fingerprint density at radius 2 is 1.70 bits per heavy atom. The minimum Gasteiger partial charge on any atom is -0.504 e. The van der Waals surface area contributed by atoms with Gasteiger partial charge in [0.15, 0.2) is 11.5 Å². The Kier molecular flexibility index (Phi) is 3.40. The molecule has 0 spiro atoms. The number of aromatic nitrogens is 3. The van der Waals surface area contributed by atoms with Crippen molar-refractivity contribution in [2.75, 3.05) is 7.11 Å². The Labute approximate surface area is 155 Å². The van der Waals surface area contributed by atoms with E-state index >= 15 is 0 Å². The van der Waals surface area contributed by atoms with Crippen molar-refractivity contribution in [2.45, 2.75) is 0 Å². The first-order chi connectivity index (χ1) is 13.2. The second-order valence-corrected chi connectivity index (χ2v) is 6.49. The van der Waals surface area contributed by atoms with E-state index in [9.17, 15) is 5.11 Å². The number of aromatic amines is 2. The molecule has 27 heavy (non-hydrogen) atoms. The minimum absolute atomic E-state index is 0.130. The molecule has 0 aliphatic heterocycles. The molecular formula is C22H17N3O2. The molecule has 0 unspecified atom stereocenters. The zero-order chi connectivity index (χ0) is 18.4. The maximum absolute atomic E-state index is 9.80. The van der Waals surface area contributed by atoms with Crippen LogP contribution in [0.2, 0.25) is 0 Å². The molecule has 0 aliphatic rings. The van der Waals surface area contributed by atoms with Gasteiger partial charge >= 0.3 is 0 Å². The van der Waals surface area contributed by atoms with Gasteiger partial charge in [-0.25, -0.2) is 0 Å². The van der Waals surface area contributed by atoms with Gasteiger partial charge < -0.3 is 14.8 Å². The molecule has 0 aliphatic carbocycles. The highest BCUT2D eigenvalue weighted by atomic mass is 16.5. The summed E-state index contributed by atoms with van der Waals surface area (Å²) in [6.45, 7) is 0. The zero-order valence-electron chi connectivity index (χ0n) is 14.7. The van der Waals surface area contributed by atoms with Crippen molar-refractivity contribution in [3.05, 3.63) is 66.7 Å². The van der Waals surface area contributed by atoms with E-state index in [0.29, 0.717) is 5.75 Å². The molecule has 0 bridgehead atoms. The third kappa shape index (κ3) is 2.52. The van der Waals surface area contributed by atoms with E-state index in [1.54, 1.807) is 13.2 Å². The lowest BCUT2D eigenvalue weighted by Crippen LogP contribution is -1.85. The van der Waals surface area contributed by atoms with Crippen molar-refractivity contribution in [1.82, 2.24) is 15.2 Å². The average molecular weight is 355 g/mol. The summed E-state index contributed by atoms with van der Waals surface area (Å²) in [7, 11) is 1.55. The predicted octanol–water partition coefficient (Wildman–Crippen LogP) is 5.09. The Hall–Kier alpha value is -3.73. The molecule has 3 N–H and O–H groups in total. The number of nitrogens with zero attached hydrogens (tertiary/aromatic N) is 1. The number of hydrogen-bond donors (Lipinski definition) is 3. The van der Waals surface area contributed by atoms with E-state index < -0.39 is 0 Å². The summed E-state index contributed by atoms with van der Waals surface area (Å²) < 4.78 is 5.21. The van der Waals surface area contributed by atoms with E-state index in [1.807, 2.05) is 24.3 Å². The highest BCUT2D eigenvalue weighted by Crippen LogP contribution is 2.34. The van der Waals surface area contributed by atoms with Gasteiger partial charge in [-0.1, -0.05) is 30.3 Å². The molecule has 0 saturated carbocycles. The number of para-hydroxylation sites is 1. The third-order valence-corrected chi connectivity index (χ3v) is 4.86. The summed E-state index contributed by atoms with van der Waals surface area (Å²) in [5, 5.41) is 19.7. The van der Waals surface area contributed by atoms with Gasteiger partial charge in [-0.2, -0.15) is 5.10 Å². The van der Waals surface area contributed by atoms with E-state index in [4.69, 9.17) is 4.74 Å². The van der Waals surface area contributed by atoms with Crippen LogP contribution in [0.3, 0.4) is 0 Å². The second-order valence-electron chi connectivity index (χ2n) is 6.49. The fourth-order valence-corrected chi connectivity index (χ4v) is 3.46. The fraction of sp³-hybridized carbons (Fsp3) is 0.0455. The van der Waals surface area contributed by atoms with Gasteiger partial charge in [0, 0.05) is 16.3 Å². The van der Waals surface area contributed by atoms with Crippen LogP contribution in [0.1, 0.15) is 0 Å². The van der Waals surface area contributed by atoms with Crippen LogP contribution in [0.5, 0.6) is 11.5 Å². The van der Waals surface area contributed by atoms with Crippen molar-refractivity contribution in [3.8, 4) is 34.0 Å². The van der Waals surface area contributed by atoms with Gasteiger partial charge in [-0.05, 0) is 47.5 Å². The van der Waals surface area contributed by atoms with Gasteiger partial charge in [0.25, 0.3) is 0 Å². The molecule has 0 atom stereocenters. The Balaban J connectivity index is 1.60. The number of fused-ring (bicyclic) bond motifs is 2. The summed E-state index contributed by atoms with van der Waals surface area (Å²) in [4.78, 5) is 3.43. The van der Waals surface area contributed by atoms with Crippen LogP contribution >= 0.6 is 0 Å². The molecular weight excluding hydrogens is 338 g/mol. The lowest BCUT2D eigenvalue weighted by atomic mass is 10.0. The number of aromatic hydroxyl groups is 1. The summed E-state index contributed by atoms with van der Waals surface area (Å²) in [5.41, 5.74) is 5.92. The van der Waals surface area contributed by atoms with Crippen molar-refractivity contribution in [3.63, 3.8) is 0 Å². The molecule has 0 radical (unpaired) electrons. The molecule has 2 heterocycles. The Bertz CT molecular complexity index is 1250. The number of ether oxygens (including phenoxy) is 1. The third-order valence-electron chi connectivity index (χ3n) is 4.86. The highest BCUT2D eigenvalue weighted by Gasteiger charge is 2.12. The SMILES string of the molecule is COc1cc(-c2ccc3c(-c4cc5ccccc5[nH]4)n[nH]c3c2)ccc1O. The van der Waals surface area contributed by atoms with Crippen LogP contribution < -0.4 is 4.74 Å². The summed E-state index contributed by atoms with van der Waals surface area (Å²) in [6, 6.07) is 21.8. The molecule has 0 amide bonds. The van der Waals surface area contributed by atoms with E-state index in [-0.39, 0.29) is 5.75 Å². The van der Waals surface area contributed by atoms with E-state index in [1.165, 1.54) is 0 Å². The standard InChI is InChI=1S/C22H17N3O2/c1-27-21-12-14(7-9-20(21)26)13-6-8-16-18(10-13)24-25-22(16)19-11-15-4-2-3-5-17(15)23-19/h2-12,23,26H,1H3,(H,24,25). The molecule has 5 aromatic rings. The van der Waals surface area contributed by atoms with Crippen molar-refractivity contribution in [1.29, 1.82) is 0 Å². The first-order valence-electron chi connectivity index (χ1n) is 8.66. The summed E-state index contributed by atoms with van der Waals surface area (Å²) >= 11 is 0. The van der Waals surface area contributed by atoms with Crippen LogP contribution in [0.15, 0.2) is 66.7 Å².